The Labute approximate surface area is 73.4 Å². The molecule has 0 saturated carbocycles. The summed E-state index contributed by atoms with van der Waals surface area (Å²) in [7, 11) is 0. The summed E-state index contributed by atoms with van der Waals surface area (Å²) >= 11 is 0. The maximum Gasteiger partial charge on any atom is 0.317 e. The average molecular weight is 168 g/mol. The number of carbonyl (C=O) groups excluding carboxylic acids is 1. The van der Waals surface area contributed by atoms with Crippen LogP contribution in [0.25, 0.3) is 0 Å². The number of amides is 2. The Morgan fingerprint density at radius 1 is 1.42 bits per heavy atom. The van der Waals surface area contributed by atoms with E-state index >= 15 is 0 Å². The molecule has 1 saturated heterocycles. The normalized spacial score (nSPS) is 17.2. The van der Waals surface area contributed by atoms with E-state index < -0.39 is 0 Å². The van der Waals surface area contributed by atoms with Gasteiger partial charge in [0, 0.05) is 19.6 Å². The second kappa shape index (κ2) is 4.80. The van der Waals surface area contributed by atoms with E-state index in [9.17, 15) is 4.79 Å². The van der Waals surface area contributed by atoms with Gasteiger partial charge in [0.15, 0.2) is 0 Å². The summed E-state index contributed by atoms with van der Waals surface area (Å²) in [5.74, 6) is 0. The molecule has 0 aliphatic carbocycles. The fourth-order valence-corrected chi connectivity index (χ4v) is 1.37. The third-order valence-corrected chi connectivity index (χ3v) is 2.04. The van der Waals surface area contributed by atoms with E-state index in [1.54, 1.807) is 6.08 Å². The van der Waals surface area contributed by atoms with E-state index in [4.69, 9.17) is 0 Å². The third-order valence-electron chi connectivity index (χ3n) is 2.04. The lowest BCUT2D eigenvalue weighted by molar-refractivity contribution is 0.187. The van der Waals surface area contributed by atoms with Crippen molar-refractivity contribution < 1.29 is 4.79 Å². The number of nitrogens with zero attached hydrogens (tertiary/aromatic N) is 1. The Balaban J connectivity index is 2.24. The summed E-state index contributed by atoms with van der Waals surface area (Å²) in [5, 5.41) is 2.77. The highest BCUT2D eigenvalue weighted by atomic mass is 16.2. The third kappa shape index (κ3) is 2.57. The van der Waals surface area contributed by atoms with Crippen LogP contribution in [0.1, 0.15) is 19.3 Å². The van der Waals surface area contributed by atoms with Gasteiger partial charge in [0.1, 0.15) is 0 Å². The van der Waals surface area contributed by atoms with Crippen molar-refractivity contribution in [3.05, 3.63) is 12.7 Å². The summed E-state index contributed by atoms with van der Waals surface area (Å²) in [6.45, 7) is 5.92. The van der Waals surface area contributed by atoms with Crippen molar-refractivity contribution in [2.45, 2.75) is 19.3 Å². The Bertz CT molecular complexity index is 162. The SMILES string of the molecule is C=CCNC(=O)N1CCCCC1. The Hall–Kier alpha value is -0.990. The van der Waals surface area contributed by atoms with Crippen LogP contribution in [0.2, 0.25) is 0 Å². The number of piperidine rings is 1. The largest absolute Gasteiger partial charge is 0.335 e. The summed E-state index contributed by atoms with van der Waals surface area (Å²) in [5.41, 5.74) is 0. The van der Waals surface area contributed by atoms with Crippen LogP contribution in [-0.2, 0) is 0 Å². The van der Waals surface area contributed by atoms with Crippen LogP contribution in [0.3, 0.4) is 0 Å². The molecule has 3 nitrogen and oxygen atoms in total. The molecule has 0 aromatic heterocycles. The highest BCUT2D eigenvalue weighted by Gasteiger charge is 2.14. The molecule has 0 unspecified atom stereocenters. The molecule has 12 heavy (non-hydrogen) atoms. The molecular weight excluding hydrogens is 152 g/mol. The molecule has 1 N–H and O–H groups in total. The van der Waals surface area contributed by atoms with Crippen LogP contribution < -0.4 is 5.32 Å². The van der Waals surface area contributed by atoms with E-state index in [2.05, 4.69) is 11.9 Å². The minimum atomic E-state index is 0.0506. The second-order valence-corrected chi connectivity index (χ2v) is 3.02. The number of hydrogen-bond acceptors (Lipinski definition) is 1. The zero-order chi connectivity index (χ0) is 8.81. The molecule has 68 valence electrons. The molecule has 1 aliphatic heterocycles. The van der Waals surface area contributed by atoms with E-state index in [-0.39, 0.29) is 6.03 Å². The molecule has 1 heterocycles. The minimum Gasteiger partial charge on any atom is -0.335 e. The highest BCUT2D eigenvalue weighted by molar-refractivity contribution is 5.74. The fourth-order valence-electron chi connectivity index (χ4n) is 1.37. The lowest BCUT2D eigenvalue weighted by Crippen LogP contribution is -2.42. The van der Waals surface area contributed by atoms with Gasteiger partial charge in [0.25, 0.3) is 0 Å². The van der Waals surface area contributed by atoms with Gasteiger partial charge in [-0.3, -0.25) is 0 Å². The Morgan fingerprint density at radius 3 is 2.67 bits per heavy atom. The van der Waals surface area contributed by atoms with Gasteiger partial charge in [-0.2, -0.15) is 0 Å². The standard InChI is InChI=1S/C9H16N2O/c1-2-6-10-9(12)11-7-4-3-5-8-11/h2H,1,3-8H2,(H,10,12). The first-order valence-electron chi connectivity index (χ1n) is 4.48. The Morgan fingerprint density at radius 2 is 2.08 bits per heavy atom. The monoisotopic (exact) mass is 168 g/mol. The molecule has 0 aromatic rings. The van der Waals surface area contributed by atoms with Crippen molar-refractivity contribution in [3.8, 4) is 0 Å². The molecule has 0 spiro atoms. The Kier molecular flexibility index (Phi) is 3.64. The predicted molar refractivity (Wildman–Crippen MR) is 49.0 cm³/mol. The molecule has 1 aliphatic rings. The number of urea groups is 1. The van der Waals surface area contributed by atoms with Gasteiger partial charge in [0.05, 0.1) is 0 Å². The van der Waals surface area contributed by atoms with Gasteiger partial charge in [-0.15, -0.1) is 6.58 Å². The van der Waals surface area contributed by atoms with E-state index in [0.29, 0.717) is 6.54 Å². The van der Waals surface area contributed by atoms with Crippen molar-refractivity contribution in [1.29, 1.82) is 0 Å². The van der Waals surface area contributed by atoms with Gasteiger partial charge < -0.3 is 10.2 Å². The molecule has 3 heteroatoms. The first-order chi connectivity index (χ1) is 5.84. The zero-order valence-corrected chi connectivity index (χ0v) is 7.38. The molecule has 0 atom stereocenters. The van der Waals surface area contributed by atoms with E-state index in [1.807, 2.05) is 4.90 Å². The number of carbonyl (C=O) groups is 1. The smallest absolute Gasteiger partial charge is 0.317 e. The topological polar surface area (TPSA) is 32.3 Å². The van der Waals surface area contributed by atoms with Gasteiger partial charge in [-0.25, -0.2) is 4.79 Å². The lowest BCUT2D eigenvalue weighted by Gasteiger charge is -2.26. The van der Waals surface area contributed by atoms with E-state index in [1.165, 1.54) is 6.42 Å². The van der Waals surface area contributed by atoms with Gasteiger partial charge in [-0.1, -0.05) is 6.08 Å². The highest BCUT2D eigenvalue weighted by Crippen LogP contribution is 2.07. The van der Waals surface area contributed by atoms with Crippen LogP contribution in [0, 0.1) is 0 Å². The number of hydrogen-bond donors (Lipinski definition) is 1. The van der Waals surface area contributed by atoms with Crippen molar-refractivity contribution in [1.82, 2.24) is 10.2 Å². The minimum absolute atomic E-state index is 0.0506. The van der Waals surface area contributed by atoms with Crippen molar-refractivity contribution in [2.75, 3.05) is 19.6 Å². The molecule has 0 bridgehead atoms. The zero-order valence-electron chi connectivity index (χ0n) is 7.38. The number of rotatable bonds is 2. The summed E-state index contributed by atoms with van der Waals surface area (Å²) in [4.78, 5) is 13.2. The second-order valence-electron chi connectivity index (χ2n) is 3.02. The molecular formula is C9H16N2O. The summed E-state index contributed by atoms with van der Waals surface area (Å²) in [6.07, 6.45) is 5.23. The van der Waals surface area contributed by atoms with Crippen LogP contribution in [0.4, 0.5) is 4.79 Å². The molecule has 2 amide bonds. The maximum absolute atomic E-state index is 11.3. The summed E-state index contributed by atoms with van der Waals surface area (Å²) < 4.78 is 0. The molecule has 1 rings (SSSR count). The molecule has 0 aromatic carbocycles. The first kappa shape index (κ1) is 9.10. The molecule has 0 radical (unpaired) electrons. The van der Waals surface area contributed by atoms with Gasteiger partial charge in [-0.05, 0) is 19.3 Å². The lowest BCUT2D eigenvalue weighted by atomic mass is 10.1. The fraction of sp³-hybridized carbons (Fsp3) is 0.667. The van der Waals surface area contributed by atoms with Gasteiger partial charge >= 0.3 is 6.03 Å². The number of likely N-dealkylation sites (tertiary alicyclic amines) is 1. The van der Waals surface area contributed by atoms with Crippen LogP contribution in [-0.4, -0.2) is 30.6 Å². The first-order valence-corrected chi connectivity index (χ1v) is 4.48. The summed E-state index contributed by atoms with van der Waals surface area (Å²) in [6, 6.07) is 0.0506. The van der Waals surface area contributed by atoms with E-state index in [0.717, 1.165) is 25.9 Å². The van der Waals surface area contributed by atoms with Crippen molar-refractivity contribution in [3.63, 3.8) is 0 Å². The average Bonchev–Trinajstić information content (AvgIpc) is 2.15. The molecule has 1 fully saturated rings. The van der Waals surface area contributed by atoms with Crippen molar-refractivity contribution in [2.24, 2.45) is 0 Å². The predicted octanol–water partition coefficient (Wildman–Crippen LogP) is 1.37. The maximum atomic E-state index is 11.3. The van der Waals surface area contributed by atoms with Crippen LogP contribution in [0.15, 0.2) is 12.7 Å². The van der Waals surface area contributed by atoms with Gasteiger partial charge in [0.2, 0.25) is 0 Å². The number of nitrogens with one attached hydrogen (secondary N) is 1. The van der Waals surface area contributed by atoms with Crippen LogP contribution >= 0.6 is 0 Å². The van der Waals surface area contributed by atoms with Crippen LogP contribution in [0.5, 0.6) is 0 Å². The quantitative estimate of drug-likeness (QED) is 0.620. The van der Waals surface area contributed by atoms with Crippen molar-refractivity contribution >= 4 is 6.03 Å².